The number of halogens is 1. The molecule has 0 bridgehead atoms. The van der Waals surface area contributed by atoms with Gasteiger partial charge in [-0.25, -0.2) is 9.37 Å². The van der Waals surface area contributed by atoms with Gasteiger partial charge in [-0.1, -0.05) is 24.3 Å². The lowest BCUT2D eigenvalue weighted by molar-refractivity contribution is 0.101. The van der Waals surface area contributed by atoms with Crippen molar-refractivity contribution < 1.29 is 14.0 Å². The molecule has 2 N–H and O–H groups in total. The maximum Gasteiger partial charge on any atom is 0.257 e. The van der Waals surface area contributed by atoms with Crippen molar-refractivity contribution >= 4 is 23.2 Å². The van der Waals surface area contributed by atoms with E-state index in [0.29, 0.717) is 29.2 Å². The van der Waals surface area contributed by atoms with Crippen LogP contribution in [-0.2, 0) is 6.42 Å². The van der Waals surface area contributed by atoms with Crippen LogP contribution in [0.5, 0.6) is 0 Å². The van der Waals surface area contributed by atoms with Crippen molar-refractivity contribution in [1.29, 1.82) is 0 Å². The summed E-state index contributed by atoms with van der Waals surface area (Å²) in [6, 6.07) is 16.6. The number of Topliss-reactive ketones (excluding diaryl/α,β-unsaturated/α-hetero) is 1. The molecule has 0 fully saturated rings. The number of aromatic nitrogens is 1. The molecule has 1 amide bonds. The Morgan fingerprint density at radius 1 is 1.00 bits per heavy atom. The van der Waals surface area contributed by atoms with Crippen LogP contribution in [-0.4, -0.2) is 23.2 Å². The predicted molar refractivity (Wildman–Crippen MR) is 107 cm³/mol. The van der Waals surface area contributed by atoms with Crippen LogP contribution in [0.2, 0.25) is 0 Å². The van der Waals surface area contributed by atoms with Crippen LogP contribution in [0.3, 0.4) is 0 Å². The molecule has 0 aliphatic heterocycles. The predicted octanol–water partition coefficient (Wildman–Crippen LogP) is 4.33. The third-order valence-corrected chi connectivity index (χ3v) is 4.19. The Balaban J connectivity index is 1.54. The molecule has 0 radical (unpaired) electrons. The highest BCUT2D eigenvalue weighted by molar-refractivity contribution is 6.05. The van der Waals surface area contributed by atoms with E-state index in [1.54, 1.807) is 48.5 Å². The molecular formula is C22H20FN3O2. The maximum atomic E-state index is 12.9. The Labute approximate surface area is 162 Å². The van der Waals surface area contributed by atoms with Gasteiger partial charge in [0, 0.05) is 24.0 Å². The first-order valence-electron chi connectivity index (χ1n) is 8.88. The molecule has 0 aliphatic rings. The smallest absolute Gasteiger partial charge is 0.257 e. The number of carbonyl (C=O) groups is 2. The monoisotopic (exact) mass is 377 g/mol. The number of amides is 1. The molecule has 0 spiro atoms. The van der Waals surface area contributed by atoms with Crippen LogP contribution in [0.25, 0.3) is 0 Å². The first-order valence-corrected chi connectivity index (χ1v) is 8.88. The number of pyridine rings is 1. The Morgan fingerprint density at radius 2 is 1.79 bits per heavy atom. The van der Waals surface area contributed by atoms with Crippen LogP contribution in [0.1, 0.15) is 33.2 Å². The number of hydrogen-bond acceptors (Lipinski definition) is 4. The summed E-state index contributed by atoms with van der Waals surface area (Å²) in [6.45, 7) is 2.12. The van der Waals surface area contributed by atoms with Crippen molar-refractivity contribution in [1.82, 2.24) is 4.98 Å². The van der Waals surface area contributed by atoms with Crippen LogP contribution >= 0.6 is 0 Å². The van der Waals surface area contributed by atoms with E-state index >= 15 is 0 Å². The van der Waals surface area contributed by atoms with Crippen LogP contribution in [0.15, 0.2) is 66.9 Å². The summed E-state index contributed by atoms with van der Waals surface area (Å²) in [4.78, 5) is 28.0. The second kappa shape index (κ2) is 8.90. The molecule has 0 atom stereocenters. The number of rotatable bonds is 7. The van der Waals surface area contributed by atoms with E-state index in [9.17, 15) is 14.0 Å². The number of hydrogen-bond donors (Lipinski definition) is 2. The topological polar surface area (TPSA) is 71.1 Å². The number of anilines is 2. The Kier molecular flexibility index (Phi) is 6.11. The van der Waals surface area contributed by atoms with Gasteiger partial charge in [0.2, 0.25) is 0 Å². The quantitative estimate of drug-likeness (QED) is 0.601. The average molecular weight is 377 g/mol. The summed E-state index contributed by atoms with van der Waals surface area (Å²) in [5.74, 6) is 0.0393. The third kappa shape index (κ3) is 5.23. The highest BCUT2D eigenvalue weighted by Crippen LogP contribution is 2.13. The molecule has 0 aliphatic carbocycles. The molecule has 1 heterocycles. The average Bonchev–Trinajstić information content (AvgIpc) is 2.70. The molecule has 0 saturated heterocycles. The fourth-order valence-corrected chi connectivity index (χ4v) is 2.64. The number of benzene rings is 2. The van der Waals surface area contributed by atoms with Gasteiger partial charge in [0.05, 0.1) is 5.56 Å². The van der Waals surface area contributed by atoms with Crippen molar-refractivity contribution in [2.24, 2.45) is 0 Å². The molecule has 2 aromatic carbocycles. The minimum atomic E-state index is -0.300. The number of ketones is 1. The van der Waals surface area contributed by atoms with Crippen LogP contribution in [0, 0.1) is 5.82 Å². The second-order valence-electron chi connectivity index (χ2n) is 6.33. The van der Waals surface area contributed by atoms with Crippen molar-refractivity contribution in [2.45, 2.75) is 13.3 Å². The third-order valence-electron chi connectivity index (χ3n) is 4.19. The fourth-order valence-electron chi connectivity index (χ4n) is 2.64. The summed E-state index contributed by atoms with van der Waals surface area (Å²) in [6.07, 6.45) is 2.22. The SMILES string of the molecule is CC(=O)c1cccc(NC(=O)c2ccc(NCCc3ccc(F)cc3)nc2)c1. The van der Waals surface area contributed by atoms with E-state index < -0.39 is 0 Å². The molecule has 6 heteroatoms. The number of nitrogens with zero attached hydrogens (tertiary/aromatic N) is 1. The van der Waals surface area contributed by atoms with Gasteiger partial charge in [-0.3, -0.25) is 9.59 Å². The van der Waals surface area contributed by atoms with Crippen molar-refractivity contribution in [2.75, 3.05) is 17.2 Å². The zero-order valence-corrected chi connectivity index (χ0v) is 15.4. The lowest BCUT2D eigenvalue weighted by Crippen LogP contribution is -2.13. The van der Waals surface area contributed by atoms with Gasteiger partial charge in [0.15, 0.2) is 5.78 Å². The Hall–Kier alpha value is -3.54. The highest BCUT2D eigenvalue weighted by atomic mass is 19.1. The Morgan fingerprint density at radius 3 is 2.46 bits per heavy atom. The maximum absolute atomic E-state index is 12.9. The number of carbonyl (C=O) groups excluding carboxylic acids is 2. The fraction of sp³-hybridized carbons (Fsp3) is 0.136. The lowest BCUT2D eigenvalue weighted by atomic mass is 10.1. The van der Waals surface area contributed by atoms with Crippen molar-refractivity contribution in [3.05, 3.63) is 89.4 Å². The largest absolute Gasteiger partial charge is 0.370 e. The van der Waals surface area contributed by atoms with Gasteiger partial charge in [-0.15, -0.1) is 0 Å². The molecule has 0 unspecified atom stereocenters. The molecule has 5 nitrogen and oxygen atoms in total. The lowest BCUT2D eigenvalue weighted by Gasteiger charge is -2.08. The van der Waals surface area contributed by atoms with Gasteiger partial charge >= 0.3 is 0 Å². The van der Waals surface area contributed by atoms with Crippen LogP contribution in [0.4, 0.5) is 15.9 Å². The van der Waals surface area contributed by atoms with Gasteiger partial charge in [0.25, 0.3) is 5.91 Å². The van der Waals surface area contributed by atoms with Crippen LogP contribution < -0.4 is 10.6 Å². The summed E-state index contributed by atoms with van der Waals surface area (Å²) < 4.78 is 12.9. The molecule has 1 aromatic heterocycles. The van der Waals surface area contributed by atoms with E-state index in [4.69, 9.17) is 0 Å². The minimum Gasteiger partial charge on any atom is -0.370 e. The molecular weight excluding hydrogens is 357 g/mol. The molecule has 3 aromatic rings. The summed E-state index contributed by atoms with van der Waals surface area (Å²) >= 11 is 0. The van der Waals surface area contributed by atoms with E-state index in [2.05, 4.69) is 15.6 Å². The summed E-state index contributed by atoms with van der Waals surface area (Å²) in [5.41, 5.74) is 2.53. The molecule has 28 heavy (non-hydrogen) atoms. The first-order chi connectivity index (χ1) is 13.5. The normalized spacial score (nSPS) is 10.4. The highest BCUT2D eigenvalue weighted by Gasteiger charge is 2.08. The van der Waals surface area contributed by atoms with E-state index in [1.165, 1.54) is 25.3 Å². The zero-order valence-electron chi connectivity index (χ0n) is 15.4. The second-order valence-corrected chi connectivity index (χ2v) is 6.33. The molecule has 3 rings (SSSR count). The van der Waals surface area contributed by atoms with Gasteiger partial charge < -0.3 is 10.6 Å². The van der Waals surface area contributed by atoms with E-state index in [-0.39, 0.29) is 17.5 Å². The first kappa shape index (κ1) is 19.2. The van der Waals surface area contributed by atoms with Gasteiger partial charge in [-0.2, -0.15) is 0 Å². The molecule has 142 valence electrons. The van der Waals surface area contributed by atoms with Crippen molar-refractivity contribution in [3.8, 4) is 0 Å². The molecule has 0 saturated carbocycles. The minimum absolute atomic E-state index is 0.0613. The van der Waals surface area contributed by atoms with Gasteiger partial charge in [0.1, 0.15) is 11.6 Å². The number of nitrogens with one attached hydrogen (secondary N) is 2. The van der Waals surface area contributed by atoms with Crippen molar-refractivity contribution in [3.63, 3.8) is 0 Å². The van der Waals surface area contributed by atoms with E-state index in [1.807, 2.05) is 0 Å². The Bertz CT molecular complexity index is 970. The van der Waals surface area contributed by atoms with E-state index in [0.717, 1.165) is 12.0 Å². The standard InChI is InChI=1S/C22H20FN3O2/c1-15(27)17-3-2-4-20(13-17)26-22(28)18-7-10-21(25-14-18)24-12-11-16-5-8-19(23)9-6-16/h2-10,13-14H,11-12H2,1H3,(H,24,25)(H,26,28). The zero-order chi connectivity index (χ0) is 19.9. The summed E-state index contributed by atoms with van der Waals surface area (Å²) in [5, 5.41) is 5.93. The summed E-state index contributed by atoms with van der Waals surface area (Å²) in [7, 11) is 0. The van der Waals surface area contributed by atoms with Gasteiger partial charge in [-0.05, 0) is 55.3 Å².